The van der Waals surface area contributed by atoms with Crippen LogP contribution in [0.3, 0.4) is 0 Å². The van der Waals surface area contributed by atoms with Crippen molar-refractivity contribution in [3.63, 3.8) is 0 Å². The molecular formula is C17H16N4O4S. The molecule has 1 aromatic heterocycles. The van der Waals surface area contributed by atoms with Crippen molar-refractivity contribution in [2.75, 3.05) is 11.9 Å². The van der Waals surface area contributed by atoms with Gasteiger partial charge in [0.25, 0.3) is 5.91 Å². The Hall–Kier alpha value is -3.07. The Balaban J connectivity index is 1.71. The maximum absolute atomic E-state index is 12.7. The standard InChI is InChI=1S/C17H16N4O4S/c1-10(22)12-9-26-15(18-12)19-13(23)8-21-14(24)17(2,20-16(21)25)11-6-4-3-5-7-11/h3-7,9H,8H2,1-2H3,(H,20,25)(H,18,19,23). The lowest BCUT2D eigenvalue weighted by Crippen LogP contribution is -2.42. The highest BCUT2D eigenvalue weighted by Gasteiger charge is 2.49. The summed E-state index contributed by atoms with van der Waals surface area (Å²) in [6.45, 7) is 2.53. The first-order valence-electron chi connectivity index (χ1n) is 7.77. The molecular weight excluding hydrogens is 356 g/mol. The summed E-state index contributed by atoms with van der Waals surface area (Å²) in [6.07, 6.45) is 0. The molecule has 9 heteroatoms. The molecule has 4 amide bonds. The van der Waals surface area contributed by atoms with Crippen LogP contribution in [-0.4, -0.2) is 40.1 Å². The summed E-state index contributed by atoms with van der Waals surface area (Å²) in [5, 5.41) is 6.89. The van der Waals surface area contributed by atoms with Gasteiger partial charge in [-0.05, 0) is 12.5 Å². The van der Waals surface area contributed by atoms with Crippen molar-refractivity contribution in [1.29, 1.82) is 0 Å². The number of ketones is 1. The third-order valence-electron chi connectivity index (χ3n) is 4.04. The molecule has 0 saturated carbocycles. The molecule has 1 aromatic carbocycles. The summed E-state index contributed by atoms with van der Waals surface area (Å²) in [7, 11) is 0. The largest absolute Gasteiger partial charge is 0.325 e. The van der Waals surface area contributed by atoms with Crippen LogP contribution in [-0.2, 0) is 15.1 Å². The van der Waals surface area contributed by atoms with Crippen LogP contribution in [0.25, 0.3) is 0 Å². The molecule has 2 aromatic rings. The molecule has 1 fully saturated rings. The van der Waals surface area contributed by atoms with Gasteiger partial charge in [-0.15, -0.1) is 11.3 Å². The van der Waals surface area contributed by atoms with E-state index in [1.807, 2.05) is 6.07 Å². The highest BCUT2D eigenvalue weighted by atomic mass is 32.1. The molecule has 3 rings (SSSR count). The van der Waals surface area contributed by atoms with E-state index in [2.05, 4.69) is 15.6 Å². The fourth-order valence-corrected chi connectivity index (χ4v) is 3.37. The first kappa shape index (κ1) is 17.7. The Bertz CT molecular complexity index is 895. The van der Waals surface area contributed by atoms with E-state index in [0.717, 1.165) is 16.2 Å². The fourth-order valence-electron chi connectivity index (χ4n) is 2.60. The second-order valence-corrected chi connectivity index (χ2v) is 6.81. The fraction of sp³-hybridized carbons (Fsp3) is 0.235. The molecule has 26 heavy (non-hydrogen) atoms. The monoisotopic (exact) mass is 372 g/mol. The quantitative estimate of drug-likeness (QED) is 0.614. The summed E-state index contributed by atoms with van der Waals surface area (Å²) in [4.78, 5) is 53.2. The Kier molecular flexibility index (Phi) is 4.56. The number of hydrogen-bond acceptors (Lipinski definition) is 6. The van der Waals surface area contributed by atoms with E-state index in [9.17, 15) is 19.2 Å². The van der Waals surface area contributed by atoms with Crippen LogP contribution in [0.4, 0.5) is 9.93 Å². The second kappa shape index (κ2) is 6.68. The van der Waals surface area contributed by atoms with Gasteiger partial charge in [0, 0.05) is 12.3 Å². The minimum Gasteiger partial charge on any atom is -0.319 e. The summed E-state index contributed by atoms with van der Waals surface area (Å²) in [5.74, 6) is -1.29. The van der Waals surface area contributed by atoms with Crippen molar-refractivity contribution in [2.45, 2.75) is 19.4 Å². The first-order chi connectivity index (χ1) is 12.3. The molecule has 1 saturated heterocycles. The minimum absolute atomic E-state index is 0.213. The number of thiazole rings is 1. The molecule has 1 aliphatic heterocycles. The average molecular weight is 372 g/mol. The number of carbonyl (C=O) groups excluding carboxylic acids is 4. The van der Waals surface area contributed by atoms with Gasteiger partial charge in [-0.3, -0.25) is 19.3 Å². The first-order valence-corrected chi connectivity index (χ1v) is 8.65. The number of benzene rings is 1. The molecule has 134 valence electrons. The van der Waals surface area contributed by atoms with Crippen molar-refractivity contribution in [1.82, 2.24) is 15.2 Å². The normalized spacial score (nSPS) is 19.4. The molecule has 0 bridgehead atoms. The molecule has 0 aliphatic carbocycles. The Morgan fingerprint density at radius 3 is 2.58 bits per heavy atom. The molecule has 1 atom stereocenters. The number of rotatable bonds is 5. The number of nitrogens with one attached hydrogen (secondary N) is 2. The van der Waals surface area contributed by atoms with Crippen molar-refractivity contribution in [2.24, 2.45) is 0 Å². The lowest BCUT2D eigenvalue weighted by atomic mass is 9.92. The molecule has 1 unspecified atom stereocenters. The predicted octanol–water partition coefficient (Wildman–Crippen LogP) is 1.75. The van der Waals surface area contributed by atoms with Gasteiger partial charge in [0.15, 0.2) is 10.9 Å². The van der Waals surface area contributed by atoms with E-state index >= 15 is 0 Å². The smallest absolute Gasteiger partial charge is 0.319 e. The van der Waals surface area contributed by atoms with E-state index in [1.54, 1.807) is 31.2 Å². The van der Waals surface area contributed by atoms with Gasteiger partial charge in [0.05, 0.1) is 0 Å². The summed E-state index contributed by atoms with van der Waals surface area (Å²) in [6, 6.07) is 8.18. The van der Waals surface area contributed by atoms with Crippen LogP contribution in [0.15, 0.2) is 35.7 Å². The Morgan fingerprint density at radius 1 is 1.27 bits per heavy atom. The zero-order chi connectivity index (χ0) is 18.9. The molecule has 1 aliphatic rings. The van der Waals surface area contributed by atoms with E-state index in [1.165, 1.54) is 12.3 Å². The predicted molar refractivity (Wildman–Crippen MR) is 94.8 cm³/mol. The maximum Gasteiger partial charge on any atom is 0.325 e. The van der Waals surface area contributed by atoms with E-state index < -0.39 is 29.9 Å². The topological polar surface area (TPSA) is 108 Å². The number of nitrogens with zero attached hydrogens (tertiary/aromatic N) is 2. The molecule has 2 heterocycles. The molecule has 8 nitrogen and oxygen atoms in total. The van der Waals surface area contributed by atoms with Crippen molar-refractivity contribution >= 4 is 40.1 Å². The zero-order valence-corrected chi connectivity index (χ0v) is 14.9. The van der Waals surface area contributed by atoms with Gasteiger partial charge in [0.1, 0.15) is 17.8 Å². The maximum atomic E-state index is 12.7. The van der Waals surface area contributed by atoms with Crippen molar-refractivity contribution < 1.29 is 19.2 Å². The number of aromatic nitrogens is 1. The van der Waals surface area contributed by atoms with Crippen LogP contribution < -0.4 is 10.6 Å². The number of amides is 4. The summed E-state index contributed by atoms with van der Waals surface area (Å²) < 4.78 is 0. The average Bonchev–Trinajstić information content (AvgIpc) is 3.15. The van der Waals surface area contributed by atoms with Gasteiger partial charge in [0.2, 0.25) is 5.91 Å². The number of anilines is 1. The van der Waals surface area contributed by atoms with Crippen LogP contribution in [0.1, 0.15) is 29.9 Å². The summed E-state index contributed by atoms with van der Waals surface area (Å²) >= 11 is 1.09. The number of imide groups is 1. The van der Waals surface area contributed by atoms with Gasteiger partial charge in [-0.2, -0.15) is 0 Å². The van der Waals surface area contributed by atoms with Crippen LogP contribution in [0.5, 0.6) is 0 Å². The Morgan fingerprint density at radius 2 is 1.96 bits per heavy atom. The SMILES string of the molecule is CC(=O)c1csc(NC(=O)CN2C(=O)NC(C)(c3ccccc3)C2=O)n1. The van der Waals surface area contributed by atoms with Crippen LogP contribution in [0.2, 0.25) is 0 Å². The number of carbonyl (C=O) groups is 4. The number of hydrogen-bond donors (Lipinski definition) is 2. The molecule has 0 radical (unpaired) electrons. The van der Waals surface area contributed by atoms with Crippen molar-refractivity contribution in [3.05, 3.63) is 47.0 Å². The number of urea groups is 1. The molecule has 0 spiro atoms. The molecule has 2 N–H and O–H groups in total. The van der Waals surface area contributed by atoms with E-state index in [-0.39, 0.29) is 16.6 Å². The summed E-state index contributed by atoms with van der Waals surface area (Å²) in [5.41, 5.74) is -0.342. The zero-order valence-electron chi connectivity index (χ0n) is 14.1. The van der Waals surface area contributed by atoms with Crippen LogP contribution >= 0.6 is 11.3 Å². The number of Topliss-reactive ketones (excluding diaryl/α,β-unsaturated/α-hetero) is 1. The highest BCUT2D eigenvalue weighted by Crippen LogP contribution is 2.28. The van der Waals surface area contributed by atoms with Gasteiger partial charge in [-0.25, -0.2) is 9.78 Å². The van der Waals surface area contributed by atoms with E-state index in [0.29, 0.717) is 5.56 Å². The lowest BCUT2D eigenvalue weighted by molar-refractivity contribution is -0.133. The second-order valence-electron chi connectivity index (χ2n) is 5.95. The lowest BCUT2D eigenvalue weighted by Gasteiger charge is -2.21. The highest BCUT2D eigenvalue weighted by molar-refractivity contribution is 7.14. The Labute approximate surface area is 153 Å². The van der Waals surface area contributed by atoms with E-state index in [4.69, 9.17) is 0 Å². The van der Waals surface area contributed by atoms with Crippen molar-refractivity contribution in [3.8, 4) is 0 Å². The van der Waals surface area contributed by atoms with Gasteiger partial charge < -0.3 is 10.6 Å². The van der Waals surface area contributed by atoms with Crippen LogP contribution in [0, 0.1) is 0 Å². The van der Waals surface area contributed by atoms with Gasteiger partial charge in [-0.1, -0.05) is 30.3 Å². The third kappa shape index (κ3) is 3.21. The third-order valence-corrected chi connectivity index (χ3v) is 4.80. The van der Waals surface area contributed by atoms with Gasteiger partial charge >= 0.3 is 6.03 Å². The minimum atomic E-state index is -1.22.